The molecule has 0 saturated heterocycles. The van der Waals surface area contributed by atoms with Gasteiger partial charge in [0.25, 0.3) is 0 Å². The lowest BCUT2D eigenvalue weighted by Crippen LogP contribution is -2.43. The number of aryl methyl sites for hydroxylation is 1. The molecule has 1 aromatic rings. The number of rotatable bonds is 9. The fourth-order valence-corrected chi connectivity index (χ4v) is 3.14. The number of carboxylic acid groups (broad SMARTS) is 1. The van der Waals surface area contributed by atoms with Gasteiger partial charge in [0.2, 0.25) is 10.0 Å². The number of pyridine rings is 1. The lowest BCUT2D eigenvalue weighted by molar-refractivity contribution is -0.149. The first kappa shape index (κ1) is 17.6. The van der Waals surface area contributed by atoms with Crippen LogP contribution >= 0.6 is 0 Å². The fourth-order valence-electron chi connectivity index (χ4n) is 2.00. The molecular formula is C14H22N2O4S. The molecule has 1 aromatic heterocycles. The number of carbonyl (C=O) groups is 1. The Morgan fingerprint density at radius 1 is 1.29 bits per heavy atom. The molecule has 1 heterocycles. The van der Waals surface area contributed by atoms with Crippen molar-refractivity contribution in [1.82, 2.24) is 9.71 Å². The van der Waals surface area contributed by atoms with Crippen LogP contribution in [0.5, 0.6) is 0 Å². The molecule has 2 N–H and O–H groups in total. The molecule has 21 heavy (non-hydrogen) atoms. The monoisotopic (exact) mass is 314 g/mol. The molecule has 0 radical (unpaired) electrons. The van der Waals surface area contributed by atoms with Gasteiger partial charge in [0, 0.05) is 18.9 Å². The lowest BCUT2D eigenvalue weighted by atomic mass is 9.83. The Hall–Kier alpha value is -1.47. The molecule has 7 heteroatoms. The second kappa shape index (κ2) is 7.51. The van der Waals surface area contributed by atoms with E-state index in [9.17, 15) is 18.3 Å². The van der Waals surface area contributed by atoms with Crippen LogP contribution in [0, 0.1) is 5.41 Å². The summed E-state index contributed by atoms with van der Waals surface area (Å²) in [5.41, 5.74) is -0.158. The molecule has 0 atom stereocenters. The fraction of sp³-hybridized carbons (Fsp3) is 0.571. The minimum absolute atomic E-state index is 0.0693. The number of sulfonamides is 1. The van der Waals surface area contributed by atoms with Crippen molar-refractivity contribution in [2.24, 2.45) is 5.41 Å². The number of aliphatic carboxylic acids is 1. The van der Waals surface area contributed by atoms with E-state index in [1.54, 1.807) is 38.4 Å². The zero-order valence-corrected chi connectivity index (χ0v) is 13.2. The maximum Gasteiger partial charge on any atom is 0.310 e. The van der Waals surface area contributed by atoms with Gasteiger partial charge in [0.05, 0.1) is 11.2 Å². The summed E-state index contributed by atoms with van der Waals surface area (Å²) in [5.74, 6) is -1.04. The van der Waals surface area contributed by atoms with Gasteiger partial charge >= 0.3 is 5.97 Å². The van der Waals surface area contributed by atoms with Crippen molar-refractivity contribution in [3.05, 3.63) is 30.1 Å². The van der Waals surface area contributed by atoms with E-state index in [1.807, 2.05) is 0 Å². The molecule has 0 saturated carbocycles. The molecule has 6 nitrogen and oxygen atoms in total. The van der Waals surface area contributed by atoms with Crippen LogP contribution in [0.1, 0.15) is 32.3 Å². The third kappa shape index (κ3) is 5.09. The van der Waals surface area contributed by atoms with Crippen molar-refractivity contribution < 1.29 is 18.3 Å². The second-order valence-electron chi connectivity index (χ2n) is 5.04. The van der Waals surface area contributed by atoms with E-state index in [0.29, 0.717) is 19.3 Å². The van der Waals surface area contributed by atoms with Gasteiger partial charge in [0.15, 0.2) is 0 Å². The van der Waals surface area contributed by atoms with E-state index < -0.39 is 21.4 Å². The molecule has 0 bridgehead atoms. The topological polar surface area (TPSA) is 96.4 Å². The average molecular weight is 314 g/mol. The molecular weight excluding hydrogens is 292 g/mol. The van der Waals surface area contributed by atoms with Crippen molar-refractivity contribution in [2.45, 2.75) is 33.1 Å². The van der Waals surface area contributed by atoms with Gasteiger partial charge in [-0.1, -0.05) is 13.8 Å². The zero-order chi connectivity index (χ0) is 15.9. The SMILES string of the molecule is CCC(CC)(CNS(=O)(=O)CCc1ccncc1)C(=O)O. The van der Waals surface area contributed by atoms with E-state index in [4.69, 9.17) is 0 Å². The smallest absolute Gasteiger partial charge is 0.310 e. The van der Waals surface area contributed by atoms with Gasteiger partial charge in [-0.15, -0.1) is 0 Å². The summed E-state index contributed by atoms with van der Waals surface area (Å²) in [5, 5.41) is 9.29. The number of nitrogens with zero attached hydrogens (tertiary/aromatic N) is 1. The van der Waals surface area contributed by atoms with Gasteiger partial charge in [-0.25, -0.2) is 13.1 Å². The molecule has 0 aromatic carbocycles. The summed E-state index contributed by atoms with van der Waals surface area (Å²) in [6.45, 7) is 3.43. The van der Waals surface area contributed by atoms with Crippen LogP contribution in [0.15, 0.2) is 24.5 Å². The van der Waals surface area contributed by atoms with Crippen LogP contribution in [0.3, 0.4) is 0 Å². The highest BCUT2D eigenvalue weighted by Gasteiger charge is 2.35. The Morgan fingerprint density at radius 2 is 1.86 bits per heavy atom. The first-order chi connectivity index (χ1) is 9.85. The molecule has 0 aliphatic heterocycles. The molecule has 0 fully saturated rings. The predicted molar refractivity (Wildman–Crippen MR) is 80.4 cm³/mol. The summed E-state index contributed by atoms with van der Waals surface area (Å²) < 4.78 is 26.4. The van der Waals surface area contributed by atoms with Gasteiger partial charge in [0.1, 0.15) is 0 Å². The van der Waals surface area contributed by atoms with Gasteiger partial charge in [-0.3, -0.25) is 9.78 Å². The lowest BCUT2D eigenvalue weighted by Gasteiger charge is -2.26. The van der Waals surface area contributed by atoms with Crippen molar-refractivity contribution in [3.8, 4) is 0 Å². The Morgan fingerprint density at radius 3 is 2.33 bits per heavy atom. The Labute approximate surface area is 125 Å². The standard InChI is InChI=1S/C14H22N2O4S/c1-3-14(4-2,13(17)18)11-16-21(19,20)10-7-12-5-8-15-9-6-12/h5-6,8-9,16H,3-4,7,10-11H2,1-2H3,(H,17,18). The summed E-state index contributed by atoms with van der Waals surface area (Å²) in [6.07, 6.45) is 4.35. The van der Waals surface area contributed by atoms with Crippen molar-refractivity contribution >= 4 is 16.0 Å². The quantitative estimate of drug-likeness (QED) is 0.719. The minimum atomic E-state index is -3.50. The Kier molecular flexibility index (Phi) is 6.29. The molecule has 0 spiro atoms. The first-order valence-corrected chi connectivity index (χ1v) is 8.60. The van der Waals surface area contributed by atoms with Crippen molar-refractivity contribution in [3.63, 3.8) is 0 Å². The molecule has 0 aliphatic rings. The normalized spacial score (nSPS) is 12.3. The molecule has 1 rings (SSSR count). The highest BCUT2D eigenvalue weighted by molar-refractivity contribution is 7.89. The van der Waals surface area contributed by atoms with Crippen molar-refractivity contribution in [2.75, 3.05) is 12.3 Å². The largest absolute Gasteiger partial charge is 0.481 e. The predicted octanol–water partition coefficient (Wildman–Crippen LogP) is 1.43. The maximum absolute atomic E-state index is 12.0. The third-order valence-electron chi connectivity index (χ3n) is 3.85. The minimum Gasteiger partial charge on any atom is -0.481 e. The average Bonchev–Trinajstić information content (AvgIpc) is 2.48. The second-order valence-corrected chi connectivity index (χ2v) is 6.96. The van der Waals surface area contributed by atoms with Crippen LogP contribution in [0.4, 0.5) is 0 Å². The zero-order valence-electron chi connectivity index (χ0n) is 12.4. The van der Waals surface area contributed by atoms with Gasteiger partial charge in [-0.2, -0.15) is 0 Å². The first-order valence-electron chi connectivity index (χ1n) is 6.95. The van der Waals surface area contributed by atoms with Crippen LogP contribution < -0.4 is 4.72 Å². The van der Waals surface area contributed by atoms with Crippen LogP contribution in [0.2, 0.25) is 0 Å². The van der Waals surface area contributed by atoms with Crippen LogP contribution in [-0.2, 0) is 21.2 Å². The number of carboxylic acids is 1. The summed E-state index contributed by atoms with van der Waals surface area (Å²) in [7, 11) is -3.50. The summed E-state index contributed by atoms with van der Waals surface area (Å²) in [4.78, 5) is 15.2. The molecule has 0 aliphatic carbocycles. The van der Waals surface area contributed by atoms with E-state index >= 15 is 0 Å². The van der Waals surface area contributed by atoms with Crippen LogP contribution in [0.25, 0.3) is 0 Å². The number of hydrogen-bond acceptors (Lipinski definition) is 4. The number of aromatic nitrogens is 1. The molecule has 118 valence electrons. The number of hydrogen-bond donors (Lipinski definition) is 2. The molecule has 0 amide bonds. The van der Waals surface area contributed by atoms with E-state index in [2.05, 4.69) is 9.71 Å². The summed E-state index contributed by atoms with van der Waals surface area (Å²) in [6, 6.07) is 3.52. The van der Waals surface area contributed by atoms with E-state index in [-0.39, 0.29) is 12.3 Å². The van der Waals surface area contributed by atoms with E-state index in [1.165, 1.54) is 0 Å². The van der Waals surface area contributed by atoms with Crippen LogP contribution in [-0.4, -0.2) is 36.8 Å². The number of nitrogens with one attached hydrogen (secondary N) is 1. The highest BCUT2D eigenvalue weighted by atomic mass is 32.2. The van der Waals surface area contributed by atoms with E-state index in [0.717, 1.165) is 5.56 Å². The Bertz CT molecular complexity index is 554. The molecule has 0 unspecified atom stereocenters. The Balaban J connectivity index is 2.62. The van der Waals surface area contributed by atoms with Crippen molar-refractivity contribution in [1.29, 1.82) is 0 Å². The highest BCUT2D eigenvalue weighted by Crippen LogP contribution is 2.25. The summed E-state index contributed by atoms with van der Waals surface area (Å²) >= 11 is 0. The third-order valence-corrected chi connectivity index (χ3v) is 5.17. The van der Waals surface area contributed by atoms with Gasteiger partial charge < -0.3 is 5.11 Å². The maximum atomic E-state index is 12.0. The van der Waals surface area contributed by atoms with Gasteiger partial charge in [-0.05, 0) is 37.0 Å².